The molecular weight excluding hydrogens is 229 g/mol. The van der Waals surface area contributed by atoms with Gasteiger partial charge in [0.25, 0.3) is 0 Å². The van der Waals surface area contributed by atoms with Crippen molar-refractivity contribution < 1.29 is 9.50 Å². The Morgan fingerprint density at radius 2 is 2.12 bits per heavy atom. The van der Waals surface area contributed by atoms with Crippen molar-refractivity contribution in [2.45, 2.75) is 32.4 Å². The second kappa shape index (κ2) is 6.18. The van der Waals surface area contributed by atoms with Crippen LogP contribution < -0.4 is 5.32 Å². The molecule has 0 saturated carbocycles. The van der Waals surface area contributed by atoms with Gasteiger partial charge in [-0.15, -0.1) is 0 Å². The van der Waals surface area contributed by atoms with Crippen molar-refractivity contribution in [3.8, 4) is 0 Å². The molecule has 2 N–H and O–H groups in total. The van der Waals surface area contributed by atoms with Crippen LogP contribution in [0.4, 0.5) is 4.39 Å². The van der Waals surface area contributed by atoms with Gasteiger partial charge in [-0.05, 0) is 38.0 Å². The zero-order valence-electron chi connectivity index (χ0n) is 9.50. The Balaban J connectivity index is 2.65. The molecule has 0 aliphatic rings. The van der Waals surface area contributed by atoms with Gasteiger partial charge in [-0.2, -0.15) is 0 Å². The van der Waals surface area contributed by atoms with Gasteiger partial charge >= 0.3 is 0 Å². The number of aliphatic hydroxyl groups excluding tert-OH is 1. The molecule has 1 unspecified atom stereocenters. The Bertz CT molecular complexity index is 346. The largest absolute Gasteiger partial charge is 0.396 e. The minimum atomic E-state index is -0.402. The molecule has 0 aliphatic heterocycles. The summed E-state index contributed by atoms with van der Waals surface area (Å²) in [6.07, 6.45) is 0.694. The van der Waals surface area contributed by atoms with Crippen molar-refractivity contribution in [2.24, 2.45) is 0 Å². The molecule has 0 heterocycles. The van der Waals surface area contributed by atoms with E-state index >= 15 is 0 Å². The lowest BCUT2D eigenvalue weighted by atomic mass is 10.1. The Morgan fingerprint density at radius 1 is 1.44 bits per heavy atom. The van der Waals surface area contributed by atoms with Crippen LogP contribution >= 0.6 is 11.6 Å². The lowest BCUT2D eigenvalue weighted by Crippen LogP contribution is -2.29. The van der Waals surface area contributed by atoms with Crippen LogP contribution in [0.3, 0.4) is 0 Å². The third-order valence-corrected chi connectivity index (χ3v) is 2.83. The number of hydrogen-bond acceptors (Lipinski definition) is 2. The molecule has 1 rings (SSSR count). The first-order valence-electron chi connectivity index (χ1n) is 5.36. The summed E-state index contributed by atoms with van der Waals surface area (Å²) in [4.78, 5) is 0. The molecule has 90 valence electrons. The van der Waals surface area contributed by atoms with Gasteiger partial charge in [0.05, 0.1) is 5.02 Å². The predicted molar refractivity (Wildman–Crippen MR) is 64.1 cm³/mol. The zero-order chi connectivity index (χ0) is 12.1. The van der Waals surface area contributed by atoms with Crippen LogP contribution in [0, 0.1) is 5.82 Å². The van der Waals surface area contributed by atoms with E-state index in [-0.39, 0.29) is 23.7 Å². The Kier molecular flexibility index (Phi) is 5.19. The van der Waals surface area contributed by atoms with Gasteiger partial charge in [0.1, 0.15) is 5.82 Å². The number of benzene rings is 1. The van der Waals surface area contributed by atoms with Crippen molar-refractivity contribution in [1.82, 2.24) is 5.32 Å². The fraction of sp³-hybridized carbons (Fsp3) is 0.500. The third kappa shape index (κ3) is 3.74. The number of rotatable bonds is 5. The summed E-state index contributed by atoms with van der Waals surface area (Å²) < 4.78 is 13.0. The van der Waals surface area contributed by atoms with Gasteiger partial charge in [-0.1, -0.05) is 17.7 Å². The minimum absolute atomic E-state index is 0.0830. The second-order valence-electron chi connectivity index (χ2n) is 3.98. The molecule has 2 atom stereocenters. The molecule has 1 aromatic rings. The quantitative estimate of drug-likeness (QED) is 0.836. The molecule has 0 aliphatic carbocycles. The standard InChI is InChI=1S/C12H17ClFNO/c1-8(5-6-16)15-9(2)10-3-4-12(14)11(13)7-10/h3-4,7-9,15-16H,5-6H2,1-2H3/t8-,9?/m1/s1. The van der Waals surface area contributed by atoms with Crippen LogP contribution in [0.2, 0.25) is 5.02 Å². The maximum Gasteiger partial charge on any atom is 0.141 e. The van der Waals surface area contributed by atoms with Gasteiger partial charge in [-0.25, -0.2) is 4.39 Å². The Morgan fingerprint density at radius 3 is 2.69 bits per heavy atom. The predicted octanol–water partition coefficient (Wildman–Crippen LogP) is 2.90. The fourth-order valence-electron chi connectivity index (χ4n) is 1.58. The van der Waals surface area contributed by atoms with E-state index in [0.717, 1.165) is 5.56 Å². The molecule has 0 spiro atoms. The van der Waals surface area contributed by atoms with Gasteiger partial charge < -0.3 is 10.4 Å². The first kappa shape index (κ1) is 13.4. The van der Waals surface area contributed by atoms with Crippen LogP contribution in [-0.4, -0.2) is 17.8 Å². The maximum atomic E-state index is 13.0. The average Bonchev–Trinajstić information content (AvgIpc) is 2.22. The van der Waals surface area contributed by atoms with E-state index in [2.05, 4.69) is 5.32 Å². The first-order chi connectivity index (χ1) is 7.54. The summed E-state index contributed by atoms with van der Waals surface area (Å²) in [7, 11) is 0. The molecule has 0 bridgehead atoms. The van der Waals surface area contributed by atoms with Crippen LogP contribution in [0.15, 0.2) is 18.2 Å². The van der Waals surface area contributed by atoms with Gasteiger partial charge in [0, 0.05) is 18.7 Å². The molecular formula is C12H17ClFNO. The SMILES string of the molecule is CC(N[C@H](C)CCO)c1ccc(F)c(Cl)c1. The summed E-state index contributed by atoms with van der Waals surface area (Å²) >= 11 is 5.71. The number of aliphatic hydroxyl groups is 1. The van der Waals surface area contributed by atoms with E-state index in [0.29, 0.717) is 6.42 Å². The van der Waals surface area contributed by atoms with Gasteiger partial charge in [-0.3, -0.25) is 0 Å². The maximum absolute atomic E-state index is 13.0. The highest BCUT2D eigenvalue weighted by molar-refractivity contribution is 6.30. The summed E-state index contributed by atoms with van der Waals surface area (Å²) in [6, 6.07) is 5.00. The van der Waals surface area contributed by atoms with Crippen LogP contribution in [-0.2, 0) is 0 Å². The molecule has 16 heavy (non-hydrogen) atoms. The van der Waals surface area contributed by atoms with E-state index in [1.807, 2.05) is 13.8 Å². The molecule has 0 fully saturated rings. The molecule has 0 radical (unpaired) electrons. The van der Waals surface area contributed by atoms with Gasteiger partial charge in [0.15, 0.2) is 0 Å². The monoisotopic (exact) mass is 245 g/mol. The zero-order valence-corrected chi connectivity index (χ0v) is 10.3. The van der Waals surface area contributed by atoms with Crippen molar-refractivity contribution in [3.63, 3.8) is 0 Å². The minimum Gasteiger partial charge on any atom is -0.396 e. The summed E-state index contributed by atoms with van der Waals surface area (Å²) in [5, 5.41) is 12.2. The highest BCUT2D eigenvalue weighted by Gasteiger charge is 2.10. The molecule has 0 saturated heterocycles. The van der Waals surface area contributed by atoms with Crippen LogP contribution in [0.5, 0.6) is 0 Å². The smallest absolute Gasteiger partial charge is 0.141 e. The topological polar surface area (TPSA) is 32.3 Å². The average molecular weight is 246 g/mol. The number of nitrogens with one attached hydrogen (secondary N) is 1. The fourth-order valence-corrected chi connectivity index (χ4v) is 1.77. The second-order valence-corrected chi connectivity index (χ2v) is 4.38. The summed E-state index contributed by atoms with van der Waals surface area (Å²) in [5.41, 5.74) is 0.941. The van der Waals surface area contributed by atoms with Gasteiger partial charge in [0.2, 0.25) is 0 Å². The molecule has 2 nitrogen and oxygen atoms in total. The van der Waals surface area contributed by atoms with E-state index in [9.17, 15) is 4.39 Å². The normalized spacial score (nSPS) is 14.8. The van der Waals surface area contributed by atoms with Crippen molar-refractivity contribution in [3.05, 3.63) is 34.6 Å². The number of hydrogen-bond donors (Lipinski definition) is 2. The molecule has 0 amide bonds. The highest BCUT2D eigenvalue weighted by Crippen LogP contribution is 2.21. The highest BCUT2D eigenvalue weighted by atomic mass is 35.5. The summed E-state index contributed by atoms with van der Waals surface area (Å²) in [6.45, 7) is 4.14. The lowest BCUT2D eigenvalue weighted by Gasteiger charge is -2.19. The van der Waals surface area contributed by atoms with Crippen molar-refractivity contribution in [1.29, 1.82) is 0 Å². The molecule has 0 aromatic heterocycles. The van der Waals surface area contributed by atoms with E-state index in [1.54, 1.807) is 12.1 Å². The Labute approximate surface area is 100 Å². The molecule has 1 aromatic carbocycles. The Hall–Kier alpha value is -0.640. The first-order valence-corrected chi connectivity index (χ1v) is 5.74. The molecule has 4 heteroatoms. The van der Waals surface area contributed by atoms with E-state index < -0.39 is 5.82 Å². The third-order valence-electron chi connectivity index (χ3n) is 2.54. The van der Waals surface area contributed by atoms with Crippen LogP contribution in [0.1, 0.15) is 31.9 Å². The van der Waals surface area contributed by atoms with Crippen LogP contribution in [0.25, 0.3) is 0 Å². The summed E-state index contributed by atoms with van der Waals surface area (Å²) in [5.74, 6) is -0.402. The lowest BCUT2D eigenvalue weighted by molar-refractivity contribution is 0.264. The van der Waals surface area contributed by atoms with Crippen molar-refractivity contribution in [2.75, 3.05) is 6.61 Å². The van der Waals surface area contributed by atoms with E-state index in [4.69, 9.17) is 16.7 Å². The number of halogens is 2. The van der Waals surface area contributed by atoms with Crippen molar-refractivity contribution >= 4 is 11.6 Å². The van der Waals surface area contributed by atoms with E-state index in [1.165, 1.54) is 6.07 Å².